The van der Waals surface area contributed by atoms with Crippen molar-refractivity contribution in [2.24, 2.45) is 0 Å². The zero-order valence-electron chi connectivity index (χ0n) is 25.1. The van der Waals surface area contributed by atoms with Crippen LogP contribution in [-0.4, -0.2) is 49.2 Å². The summed E-state index contributed by atoms with van der Waals surface area (Å²) in [5.41, 5.74) is 1.49. The Kier molecular flexibility index (Phi) is 9.46. The van der Waals surface area contributed by atoms with Gasteiger partial charge in [0.15, 0.2) is 11.9 Å². The molecule has 0 unspecified atom stereocenters. The third-order valence-corrected chi connectivity index (χ3v) is 9.84. The van der Waals surface area contributed by atoms with Gasteiger partial charge in [-0.05, 0) is 36.2 Å². The van der Waals surface area contributed by atoms with Crippen LogP contribution < -0.4 is 0 Å². The lowest BCUT2D eigenvalue weighted by atomic mass is 9.81. The number of para-hydroxylation sites is 1. The van der Waals surface area contributed by atoms with Crippen molar-refractivity contribution in [2.45, 2.75) is 55.6 Å². The number of fused-ring (bicyclic) bond motifs is 1. The van der Waals surface area contributed by atoms with Gasteiger partial charge in [-0.2, -0.15) is 0 Å². The van der Waals surface area contributed by atoms with Crippen molar-refractivity contribution in [1.82, 2.24) is 3.97 Å². The number of aliphatic hydroxyl groups excluding tert-OH is 1. The molecule has 6 rings (SSSR count). The van der Waals surface area contributed by atoms with E-state index >= 15 is 0 Å². The molecule has 0 aliphatic carbocycles. The highest BCUT2D eigenvalue weighted by atomic mass is 32.2. The maximum Gasteiger partial charge on any atom is 0.268 e. The Morgan fingerprint density at radius 1 is 0.822 bits per heavy atom. The summed E-state index contributed by atoms with van der Waals surface area (Å²) in [4.78, 5) is 0.162. The molecule has 2 heterocycles. The Labute approximate surface area is 263 Å². The molecule has 0 amide bonds. The van der Waals surface area contributed by atoms with Gasteiger partial charge < -0.3 is 24.1 Å². The second-order valence-electron chi connectivity index (χ2n) is 11.0. The molecule has 9 heteroatoms. The lowest BCUT2D eigenvalue weighted by Crippen LogP contribution is -2.60. The minimum absolute atomic E-state index is 0.162. The Balaban J connectivity index is 1.57. The van der Waals surface area contributed by atoms with Gasteiger partial charge in [0.25, 0.3) is 10.0 Å². The van der Waals surface area contributed by atoms with Crippen LogP contribution in [0.25, 0.3) is 10.9 Å². The van der Waals surface area contributed by atoms with Gasteiger partial charge in [0.1, 0.15) is 0 Å². The van der Waals surface area contributed by atoms with Crippen LogP contribution in [0.1, 0.15) is 30.0 Å². The molecular formula is C36H37NO7S. The smallest absolute Gasteiger partial charge is 0.268 e. The zero-order valence-corrected chi connectivity index (χ0v) is 25.9. The summed E-state index contributed by atoms with van der Waals surface area (Å²) in [6, 6.07) is 35.2. The Morgan fingerprint density at radius 2 is 1.42 bits per heavy atom. The van der Waals surface area contributed by atoms with Crippen LogP contribution in [0.4, 0.5) is 0 Å². The van der Waals surface area contributed by atoms with Crippen LogP contribution in [0.2, 0.25) is 0 Å². The number of benzene rings is 4. The number of hydrogen-bond acceptors (Lipinski definition) is 7. The molecule has 234 valence electrons. The number of hydrogen-bond donors (Lipinski definition) is 1. The molecule has 1 aliphatic heterocycles. The minimum atomic E-state index is -4.00. The second-order valence-corrected chi connectivity index (χ2v) is 12.8. The molecule has 8 nitrogen and oxygen atoms in total. The molecule has 0 radical (unpaired) electrons. The topological polar surface area (TPSA) is 96.2 Å². The van der Waals surface area contributed by atoms with E-state index in [0.717, 1.165) is 11.1 Å². The molecular weight excluding hydrogens is 590 g/mol. The summed E-state index contributed by atoms with van der Waals surface area (Å²) in [7, 11) is -4.00. The van der Waals surface area contributed by atoms with Gasteiger partial charge in [0.2, 0.25) is 0 Å². The Bertz CT molecular complexity index is 1800. The van der Waals surface area contributed by atoms with Gasteiger partial charge in [0, 0.05) is 30.2 Å². The zero-order chi connectivity index (χ0) is 31.3. The number of aromatic nitrogens is 1. The first-order chi connectivity index (χ1) is 22.0. The maximum absolute atomic E-state index is 14.1. The highest BCUT2D eigenvalue weighted by Crippen LogP contribution is 2.47. The third-order valence-electron chi connectivity index (χ3n) is 8.16. The van der Waals surface area contributed by atoms with Gasteiger partial charge in [-0.1, -0.05) is 97.1 Å². The van der Waals surface area contributed by atoms with E-state index in [1.807, 2.05) is 85.8 Å². The predicted octanol–water partition coefficient (Wildman–Crippen LogP) is 6.02. The van der Waals surface area contributed by atoms with Crippen molar-refractivity contribution in [1.29, 1.82) is 0 Å². The van der Waals surface area contributed by atoms with E-state index in [1.165, 1.54) is 3.97 Å². The summed E-state index contributed by atoms with van der Waals surface area (Å²) in [6.45, 7) is 2.34. The van der Waals surface area contributed by atoms with Crippen molar-refractivity contribution in [3.05, 3.63) is 138 Å². The summed E-state index contributed by atoms with van der Waals surface area (Å²) >= 11 is 0. The largest absolute Gasteiger partial charge is 0.394 e. The standard InChI is InChI=1S/C36H37NO7S/c1-2-41-35-36(43-26-28-16-8-4-9-17-28,34(22-29(24-38)44-35)42-25-27-14-6-3-7-15-27)32-23-37(33-21-13-12-20-31(32)33)45(39,40)30-18-10-5-11-19-30/h3-21,23,29,34-35,38H,2,22,24-26H2,1H3/t29-,34-,35+,36+/m0/s1. The fraction of sp³-hybridized carbons (Fsp3) is 0.278. The molecule has 4 aromatic carbocycles. The summed E-state index contributed by atoms with van der Waals surface area (Å²) in [6.07, 6.45) is -0.408. The number of nitrogens with zero attached hydrogens (tertiary/aromatic N) is 1. The summed E-state index contributed by atoms with van der Waals surface area (Å²) < 4.78 is 55.9. The highest BCUT2D eigenvalue weighted by Gasteiger charge is 2.57. The third kappa shape index (κ3) is 6.20. The van der Waals surface area contributed by atoms with E-state index < -0.39 is 34.1 Å². The first-order valence-corrected chi connectivity index (χ1v) is 16.5. The summed E-state index contributed by atoms with van der Waals surface area (Å²) in [5, 5.41) is 10.9. The van der Waals surface area contributed by atoms with E-state index in [-0.39, 0.29) is 37.7 Å². The van der Waals surface area contributed by atoms with E-state index in [0.29, 0.717) is 16.5 Å². The normalized spacial score (nSPS) is 22.0. The van der Waals surface area contributed by atoms with Gasteiger partial charge in [-0.3, -0.25) is 0 Å². The van der Waals surface area contributed by atoms with Gasteiger partial charge >= 0.3 is 0 Å². The molecule has 0 spiro atoms. The number of aliphatic hydroxyl groups is 1. The van der Waals surface area contributed by atoms with Crippen LogP contribution in [0, 0.1) is 0 Å². The fourth-order valence-corrected chi connectivity index (χ4v) is 7.36. The summed E-state index contributed by atoms with van der Waals surface area (Å²) in [5.74, 6) is 0. The molecule has 1 saturated heterocycles. The second kappa shape index (κ2) is 13.7. The fourth-order valence-electron chi connectivity index (χ4n) is 5.97. The molecule has 1 aromatic heterocycles. The van der Waals surface area contributed by atoms with Crippen molar-refractivity contribution in [2.75, 3.05) is 13.2 Å². The molecule has 1 fully saturated rings. The number of ether oxygens (including phenoxy) is 4. The first-order valence-electron chi connectivity index (χ1n) is 15.1. The molecule has 1 aliphatic rings. The Hall–Kier alpha value is -3.83. The first kappa shape index (κ1) is 31.2. The lowest BCUT2D eigenvalue weighted by molar-refractivity contribution is -0.343. The SMILES string of the molecule is CCO[C@@H]1O[C@H](CO)C[C@H](OCc2ccccc2)[C@]1(OCc1ccccc1)c1cn(S(=O)(=O)c2ccccc2)c2ccccc12. The average molecular weight is 628 g/mol. The van der Waals surface area contributed by atoms with Crippen LogP contribution in [0.15, 0.2) is 126 Å². The van der Waals surface area contributed by atoms with Gasteiger partial charge in [-0.15, -0.1) is 0 Å². The molecule has 4 atom stereocenters. The Morgan fingerprint density at radius 3 is 2.07 bits per heavy atom. The quantitative estimate of drug-likeness (QED) is 0.181. The van der Waals surface area contributed by atoms with E-state index in [9.17, 15) is 13.5 Å². The van der Waals surface area contributed by atoms with Crippen LogP contribution >= 0.6 is 0 Å². The lowest BCUT2D eigenvalue weighted by Gasteiger charge is -2.50. The van der Waals surface area contributed by atoms with Crippen molar-refractivity contribution in [3.63, 3.8) is 0 Å². The maximum atomic E-state index is 14.1. The minimum Gasteiger partial charge on any atom is -0.394 e. The van der Waals surface area contributed by atoms with E-state index in [4.69, 9.17) is 18.9 Å². The predicted molar refractivity (Wildman–Crippen MR) is 171 cm³/mol. The molecule has 1 N–H and O–H groups in total. The average Bonchev–Trinajstić information content (AvgIpc) is 3.49. The van der Waals surface area contributed by atoms with Crippen molar-refractivity contribution in [3.8, 4) is 0 Å². The van der Waals surface area contributed by atoms with Crippen LogP contribution in [0.5, 0.6) is 0 Å². The van der Waals surface area contributed by atoms with Crippen molar-refractivity contribution >= 4 is 20.9 Å². The van der Waals surface area contributed by atoms with Crippen molar-refractivity contribution < 1.29 is 32.5 Å². The van der Waals surface area contributed by atoms with Crippen LogP contribution in [-0.2, 0) is 47.8 Å². The highest BCUT2D eigenvalue weighted by molar-refractivity contribution is 7.90. The van der Waals surface area contributed by atoms with Crippen LogP contribution in [0.3, 0.4) is 0 Å². The van der Waals surface area contributed by atoms with Gasteiger partial charge in [0.05, 0.1) is 42.4 Å². The van der Waals surface area contributed by atoms with E-state index in [1.54, 1.807) is 42.6 Å². The molecule has 45 heavy (non-hydrogen) atoms. The molecule has 0 saturated carbocycles. The monoisotopic (exact) mass is 627 g/mol. The van der Waals surface area contributed by atoms with E-state index in [2.05, 4.69) is 0 Å². The molecule has 5 aromatic rings. The number of rotatable bonds is 12. The van der Waals surface area contributed by atoms with Gasteiger partial charge in [-0.25, -0.2) is 12.4 Å². The molecule has 0 bridgehead atoms.